The van der Waals surface area contributed by atoms with Crippen LogP contribution in [-0.2, 0) is 6.54 Å². The van der Waals surface area contributed by atoms with Crippen molar-refractivity contribution in [2.75, 3.05) is 20.2 Å². The second-order valence-electron chi connectivity index (χ2n) is 3.64. The maximum atomic E-state index is 9.81. The minimum Gasteiger partial charge on any atom is -0.504 e. The van der Waals surface area contributed by atoms with Crippen molar-refractivity contribution in [3.05, 3.63) is 23.8 Å². The van der Waals surface area contributed by atoms with E-state index in [-0.39, 0.29) is 5.75 Å². The molecule has 0 aliphatic heterocycles. The lowest BCUT2D eigenvalue weighted by Gasteiger charge is -2.09. The molecule has 1 aromatic carbocycles. The Kier molecular flexibility index (Phi) is 5.67. The number of rotatable bonds is 7. The van der Waals surface area contributed by atoms with E-state index in [9.17, 15) is 5.11 Å². The van der Waals surface area contributed by atoms with Crippen LogP contribution in [0, 0.1) is 0 Å². The number of methoxy groups -OCH3 is 1. The van der Waals surface area contributed by atoms with Gasteiger partial charge in [-0.3, -0.25) is 0 Å². The van der Waals surface area contributed by atoms with Crippen molar-refractivity contribution in [1.29, 1.82) is 0 Å². The molecule has 0 aliphatic rings. The second-order valence-corrected chi connectivity index (χ2v) is 3.64. The summed E-state index contributed by atoms with van der Waals surface area (Å²) in [5.41, 5.74) is 6.25. The van der Waals surface area contributed by atoms with Crippen LogP contribution < -0.4 is 15.8 Å². The van der Waals surface area contributed by atoms with Gasteiger partial charge in [0.1, 0.15) is 0 Å². The number of para-hydroxylation sites is 1. The summed E-state index contributed by atoms with van der Waals surface area (Å²) < 4.78 is 5.04. The third-order valence-electron chi connectivity index (χ3n) is 2.43. The molecule has 1 aromatic rings. The van der Waals surface area contributed by atoms with Crippen LogP contribution in [0.5, 0.6) is 11.5 Å². The molecule has 0 unspecified atom stereocenters. The number of phenolic OH excluding ortho intramolecular Hbond substituents is 1. The van der Waals surface area contributed by atoms with Gasteiger partial charge in [0.25, 0.3) is 0 Å². The summed E-state index contributed by atoms with van der Waals surface area (Å²) in [6, 6.07) is 5.50. The maximum absolute atomic E-state index is 9.81. The summed E-state index contributed by atoms with van der Waals surface area (Å²) in [7, 11) is 1.55. The molecule has 16 heavy (non-hydrogen) atoms. The Morgan fingerprint density at radius 2 is 2.19 bits per heavy atom. The number of phenols is 1. The molecular formula is C12H20N2O2. The third-order valence-corrected chi connectivity index (χ3v) is 2.43. The van der Waals surface area contributed by atoms with E-state index in [2.05, 4.69) is 5.32 Å². The largest absolute Gasteiger partial charge is 0.504 e. The van der Waals surface area contributed by atoms with Gasteiger partial charge in [-0.15, -0.1) is 0 Å². The van der Waals surface area contributed by atoms with E-state index >= 15 is 0 Å². The van der Waals surface area contributed by atoms with Gasteiger partial charge >= 0.3 is 0 Å². The maximum Gasteiger partial charge on any atom is 0.162 e. The van der Waals surface area contributed by atoms with Crippen molar-refractivity contribution in [1.82, 2.24) is 5.32 Å². The van der Waals surface area contributed by atoms with Gasteiger partial charge in [-0.2, -0.15) is 0 Å². The van der Waals surface area contributed by atoms with Crippen molar-refractivity contribution < 1.29 is 9.84 Å². The first-order valence-electron chi connectivity index (χ1n) is 5.55. The Bertz CT molecular complexity index is 316. The fourth-order valence-corrected chi connectivity index (χ4v) is 1.49. The summed E-state index contributed by atoms with van der Waals surface area (Å²) in [5, 5.41) is 13.1. The number of hydrogen-bond donors (Lipinski definition) is 3. The van der Waals surface area contributed by atoms with Gasteiger partial charge in [0, 0.05) is 12.1 Å². The summed E-state index contributed by atoms with van der Waals surface area (Å²) in [4.78, 5) is 0. The zero-order valence-corrected chi connectivity index (χ0v) is 9.70. The number of aromatic hydroxyl groups is 1. The number of nitrogens with one attached hydrogen (secondary N) is 1. The van der Waals surface area contributed by atoms with Crippen molar-refractivity contribution in [3.63, 3.8) is 0 Å². The van der Waals surface area contributed by atoms with E-state index < -0.39 is 0 Å². The highest BCUT2D eigenvalue weighted by Gasteiger charge is 2.05. The third kappa shape index (κ3) is 3.72. The molecule has 0 fully saturated rings. The SMILES string of the molecule is COc1cccc(CNCCCCN)c1O. The van der Waals surface area contributed by atoms with E-state index in [4.69, 9.17) is 10.5 Å². The quantitative estimate of drug-likeness (QED) is 0.609. The van der Waals surface area contributed by atoms with Gasteiger partial charge in [-0.1, -0.05) is 12.1 Å². The summed E-state index contributed by atoms with van der Waals surface area (Å²) in [6.07, 6.45) is 2.08. The Morgan fingerprint density at radius 3 is 2.88 bits per heavy atom. The molecule has 0 spiro atoms. The van der Waals surface area contributed by atoms with Crippen LogP contribution in [0.25, 0.3) is 0 Å². The Balaban J connectivity index is 2.41. The van der Waals surface area contributed by atoms with Crippen molar-refractivity contribution in [2.45, 2.75) is 19.4 Å². The smallest absolute Gasteiger partial charge is 0.162 e. The average molecular weight is 224 g/mol. The molecular weight excluding hydrogens is 204 g/mol. The predicted molar refractivity (Wildman–Crippen MR) is 64.7 cm³/mol. The van der Waals surface area contributed by atoms with Gasteiger partial charge in [-0.05, 0) is 32.0 Å². The highest BCUT2D eigenvalue weighted by atomic mass is 16.5. The average Bonchev–Trinajstić information content (AvgIpc) is 2.31. The summed E-state index contributed by atoms with van der Waals surface area (Å²) in [5.74, 6) is 0.734. The van der Waals surface area contributed by atoms with E-state index in [0.717, 1.165) is 31.5 Å². The Labute approximate surface area is 96.4 Å². The minimum absolute atomic E-state index is 0.219. The number of benzene rings is 1. The zero-order chi connectivity index (χ0) is 11.8. The number of ether oxygens (including phenoxy) is 1. The second kappa shape index (κ2) is 7.09. The molecule has 4 heteroatoms. The first kappa shape index (κ1) is 12.8. The number of unbranched alkanes of at least 4 members (excludes halogenated alkanes) is 1. The van der Waals surface area contributed by atoms with E-state index in [1.807, 2.05) is 12.1 Å². The van der Waals surface area contributed by atoms with Crippen LogP contribution >= 0.6 is 0 Å². The van der Waals surface area contributed by atoms with Crippen LogP contribution in [-0.4, -0.2) is 25.3 Å². The minimum atomic E-state index is 0.219. The topological polar surface area (TPSA) is 67.5 Å². The monoisotopic (exact) mass is 224 g/mol. The van der Waals surface area contributed by atoms with Crippen molar-refractivity contribution >= 4 is 0 Å². The standard InChI is InChI=1S/C12H20N2O2/c1-16-11-6-4-5-10(12(11)15)9-14-8-3-2-7-13/h4-6,14-15H,2-3,7-9,13H2,1H3. The molecule has 0 aliphatic carbocycles. The number of nitrogens with two attached hydrogens (primary N) is 1. The molecule has 1 rings (SSSR count). The lowest BCUT2D eigenvalue weighted by Crippen LogP contribution is -2.16. The molecule has 4 N–H and O–H groups in total. The highest BCUT2D eigenvalue weighted by Crippen LogP contribution is 2.28. The molecule has 0 bridgehead atoms. The summed E-state index contributed by atoms with van der Waals surface area (Å²) in [6.45, 7) is 2.29. The van der Waals surface area contributed by atoms with Gasteiger partial charge in [0.15, 0.2) is 11.5 Å². The van der Waals surface area contributed by atoms with Crippen LogP contribution in [0.4, 0.5) is 0 Å². The molecule has 0 saturated carbocycles. The fraction of sp³-hybridized carbons (Fsp3) is 0.500. The molecule has 0 radical (unpaired) electrons. The lowest BCUT2D eigenvalue weighted by atomic mass is 10.2. The van der Waals surface area contributed by atoms with Crippen molar-refractivity contribution in [2.24, 2.45) is 5.73 Å². The molecule has 0 saturated heterocycles. The molecule has 0 aromatic heterocycles. The van der Waals surface area contributed by atoms with Gasteiger partial charge in [0.2, 0.25) is 0 Å². The first-order chi connectivity index (χ1) is 7.79. The zero-order valence-electron chi connectivity index (χ0n) is 9.70. The molecule has 4 nitrogen and oxygen atoms in total. The predicted octanol–water partition coefficient (Wildman–Crippen LogP) is 1.23. The van der Waals surface area contributed by atoms with Gasteiger partial charge in [-0.25, -0.2) is 0 Å². The van der Waals surface area contributed by atoms with E-state index in [1.165, 1.54) is 0 Å². The molecule has 0 atom stereocenters. The molecule has 0 heterocycles. The van der Waals surface area contributed by atoms with Gasteiger partial charge < -0.3 is 20.9 Å². The normalized spacial score (nSPS) is 10.4. The van der Waals surface area contributed by atoms with Crippen LogP contribution in [0.15, 0.2) is 18.2 Å². The lowest BCUT2D eigenvalue weighted by molar-refractivity contribution is 0.369. The Hall–Kier alpha value is -1.26. The van der Waals surface area contributed by atoms with E-state index in [0.29, 0.717) is 12.3 Å². The van der Waals surface area contributed by atoms with Crippen LogP contribution in [0.2, 0.25) is 0 Å². The molecule has 90 valence electrons. The Morgan fingerprint density at radius 1 is 1.38 bits per heavy atom. The van der Waals surface area contributed by atoms with Crippen LogP contribution in [0.3, 0.4) is 0 Å². The fourth-order valence-electron chi connectivity index (χ4n) is 1.49. The van der Waals surface area contributed by atoms with Crippen molar-refractivity contribution in [3.8, 4) is 11.5 Å². The van der Waals surface area contributed by atoms with Gasteiger partial charge in [0.05, 0.1) is 7.11 Å². The number of hydrogen-bond acceptors (Lipinski definition) is 4. The highest BCUT2D eigenvalue weighted by molar-refractivity contribution is 5.45. The molecule has 0 amide bonds. The van der Waals surface area contributed by atoms with E-state index in [1.54, 1.807) is 13.2 Å². The summed E-state index contributed by atoms with van der Waals surface area (Å²) >= 11 is 0. The first-order valence-corrected chi connectivity index (χ1v) is 5.55. The van der Waals surface area contributed by atoms with Crippen LogP contribution in [0.1, 0.15) is 18.4 Å².